The summed E-state index contributed by atoms with van der Waals surface area (Å²) in [5.74, 6) is 0.0686. The second-order valence-corrected chi connectivity index (χ2v) is 5.05. The fraction of sp³-hybridized carbons (Fsp3) is 0.462. The number of rotatable bonds is 5. The van der Waals surface area contributed by atoms with E-state index in [0.29, 0.717) is 23.6 Å². The maximum atomic E-state index is 12.3. The predicted octanol–water partition coefficient (Wildman–Crippen LogP) is 2.26. The van der Waals surface area contributed by atoms with Crippen molar-refractivity contribution >= 4 is 17.5 Å². The van der Waals surface area contributed by atoms with Gasteiger partial charge in [0.2, 0.25) is 5.91 Å². The van der Waals surface area contributed by atoms with Crippen molar-refractivity contribution in [1.82, 2.24) is 10.2 Å². The number of benzene rings is 1. The predicted molar refractivity (Wildman–Crippen MR) is 71.0 cm³/mol. The number of hydrogen-bond donors (Lipinski definition) is 1. The Balaban J connectivity index is 2.04. The van der Waals surface area contributed by atoms with Crippen molar-refractivity contribution in [2.45, 2.75) is 25.6 Å². The van der Waals surface area contributed by atoms with Gasteiger partial charge in [0.1, 0.15) is 5.75 Å². The molecule has 0 radical (unpaired) electrons. The highest BCUT2D eigenvalue weighted by Crippen LogP contribution is 2.25. The van der Waals surface area contributed by atoms with Crippen molar-refractivity contribution in [1.29, 1.82) is 0 Å². The first-order chi connectivity index (χ1) is 9.47. The molecule has 0 aliphatic carbocycles. The number of carbonyl (C=O) groups excluding carboxylic acids is 1. The third kappa shape index (κ3) is 3.58. The Bertz CT molecular complexity index is 499. The number of hydrogen-bond acceptors (Lipinski definition) is 3. The highest BCUT2D eigenvalue weighted by atomic mass is 35.5. The molecule has 1 aliphatic rings. The Morgan fingerprint density at radius 2 is 2.30 bits per heavy atom. The first-order valence-corrected chi connectivity index (χ1v) is 6.57. The van der Waals surface area contributed by atoms with Crippen LogP contribution in [-0.2, 0) is 11.3 Å². The summed E-state index contributed by atoms with van der Waals surface area (Å²) in [6, 6.07) is 4.14. The molecule has 1 unspecified atom stereocenters. The van der Waals surface area contributed by atoms with Gasteiger partial charge in [-0.3, -0.25) is 4.79 Å². The molecule has 1 saturated heterocycles. The number of likely N-dealkylation sites (tertiary alicyclic amines) is 1. The van der Waals surface area contributed by atoms with Gasteiger partial charge in [-0.25, -0.2) is 0 Å². The number of nitrogens with zero attached hydrogens (tertiary/aromatic N) is 1. The highest BCUT2D eigenvalue weighted by Gasteiger charge is 2.28. The van der Waals surface area contributed by atoms with Crippen LogP contribution in [0.2, 0.25) is 5.02 Å². The zero-order valence-corrected chi connectivity index (χ0v) is 11.7. The monoisotopic (exact) mass is 304 g/mol. The second-order valence-electron chi connectivity index (χ2n) is 4.61. The van der Waals surface area contributed by atoms with Crippen LogP contribution in [0.15, 0.2) is 18.2 Å². The SMILES string of the molecule is CN1CCC(NCc2cc(Cl)ccc2OC(F)F)C1=O. The largest absolute Gasteiger partial charge is 0.434 e. The minimum Gasteiger partial charge on any atom is -0.434 e. The van der Waals surface area contributed by atoms with Gasteiger partial charge in [0.15, 0.2) is 0 Å². The summed E-state index contributed by atoms with van der Waals surface area (Å²) >= 11 is 5.85. The number of likely N-dealkylation sites (N-methyl/N-ethyl adjacent to an activating group) is 1. The molecule has 0 saturated carbocycles. The van der Waals surface area contributed by atoms with E-state index in [1.807, 2.05) is 0 Å². The first-order valence-electron chi connectivity index (χ1n) is 6.19. The van der Waals surface area contributed by atoms with Crippen LogP contribution in [0.25, 0.3) is 0 Å². The molecule has 1 fully saturated rings. The molecule has 110 valence electrons. The molecule has 1 atom stereocenters. The molecule has 1 aromatic rings. The zero-order chi connectivity index (χ0) is 14.7. The van der Waals surface area contributed by atoms with E-state index in [2.05, 4.69) is 10.1 Å². The van der Waals surface area contributed by atoms with E-state index in [1.54, 1.807) is 18.0 Å². The molecule has 4 nitrogen and oxygen atoms in total. The molecule has 0 bridgehead atoms. The van der Waals surface area contributed by atoms with Crippen LogP contribution >= 0.6 is 11.6 Å². The van der Waals surface area contributed by atoms with E-state index >= 15 is 0 Å². The number of ether oxygens (including phenoxy) is 1. The average Bonchev–Trinajstić information content (AvgIpc) is 2.70. The third-order valence-electron chi connectivity index (χ3n) is 3.21. The van der Waals surface area contributed by atoms with E-state index in [-0.39, 0.29) is 24.2 Å². The van der Waals surface area contributed by atoms with Crippen LogP contribution in [0.1, 0.15) is 12.0 Å². The van der Waals surface area contributed by atoms with E-state index in [0.717, 1.165) is 0 Å². The number of amides is 1. The smallest absolute Gasteiger partial charge is 0.387 e. The van der Waals surface area contributed by atoms with Gasteiger partial charge in [0.05, 0.1) is 6.04 Å². The molecule has 2 rings (SSSR count). The summed E-state index contributed by atoms with van der Waals surface area (Å²) in [6.45, 7) is -1.96. The molecular formula is C13H15ClF2N2O2. The molecule has 7 heteroatoms. The highest BCUT2D eigenvalue weighted by molar-refractivity contribution is 6.30. The summed E-state index contributed by atoms with van der Waals surface area (Å²) < 4.78 is 29.1. The average molecular weight is 305 g/mol. The van der Waals surface area contributed by atoms with Crippen LogP contribution in [-0.4, -0.2) is 37.1 Å². The minimum absolute atomic E-state index is 0.00311. The molecule has 0 aromatic heterocycles. The van der Waals surface area contributed by atoms with Crippen molar-refractivity contribution in [3.8, 4) is 5.75 Å². The van der Waals surface area contributed by atoms with Crippen molar-refractivity contribution < 1.29 is 18.3 Å². The molecule has 1 aliphatic heterocycles. The second kappa shape index (κ2) is 6.37. The minimum atomic E-state index is -2.89. The number of alkyl halides is 2. The molecule has 1 aromatic carbocycles. The number of halogens is 3. The van der Waals surface area contributed by atoms with Crippen LogP contribution in [0.4, 0.5) is 8.78 Å². The molecular weight excluding hydrogens is 290 g/mol. The van der Waals surface area contributed by atoms with Gasteiger partial charge in [-0.2, -0.15) is 8.78 Å². The molecule has 1 heterocycles. The Kier molecular flexibility index (Phi) is 4.77. The molecule has 0 spiro atoms. The van der Waals surface area contributed by atoms with E-state index in [9.17, 15) is 13.6 Å². The standard InChI is InChI=1S/C13H15ClF2N2O2/c1-18-5-4-10(12(18)19)17-7-8-6-9(14)2-3-11(8)20-13(15)16/h2-3,6,10,13,17H,4-5,7H2,1H3. The summed E-state index contributed by atoms with van der Waals surface area (Å²) in [5, 5.41) is 3.47. The van der Waals surface area contributed by atoms with Crippen molar-refractivity contribution in [3.05, 3.63) is 28.8 Å². The lowest BCUT2D eigenvalue weighted by atomic mass is 10.1. The first kappa shape index (κ1) is 15.0. The van der Waals surface area contributed by atoms with E-state index < -0.39 is 6.61 Å². The number of carbonyl (C=O) groups is 1. The maximum Gasteiger partial charge on any atom is 0.387 e. The summed E-state index contributed by atoms with van der Waals surface area (Å²) in [7, 11) is 1.73. The van der Waals surface area contributed by atoms with Crippen molar-refractivity contribution in [2.24, 2.45) is 0 Å². The lowest BCUT2D eigenvalue weighted by Gasteiger charge is -2.15. The maximum absolute atomic E-state index is 12.3. The normalized spacial score (nSPS) is 18.9. The summed E-state index contributed by atoms with van der Waals surface area (Å²) in [5.41, 5.74) is 0.500. The van der Waals surface area contributed by atoms with E-state index in [1.165, 1.54) is 12.1 Å². The summed E-state index contributed by atoms with van der Waals surface area (Å²) in [6.07, 6.45) is 0.695. The van der Waals surface area contributed by atoms with Gasteiger partial charge in [-0.15, -0.1) is 0 Å². The van der Waals surface area contributed by atoms with Gasteiger partial charge >= 0.3 is 6.61 Å². The van der Waals surface area contributed by atoms with Crippen LogP contribution < -0.4 is 10.1 Å². The Labute approximate surface area is 120 Å². The fourth-order valence-electron chi connectivity index (χ4n) is 2.14. The molecule has 1 N–H and O–H groups in total. The zero-order valence-electron chi connectivity index (χ0n) is 10.9. The number of nitrogens with one attached hydrogen (secondary N) is 1. The Hall–Kier alpha value is -1.40. The Morgan fingerprint density at radius 3 is 2.90 bits per heavy atom. The van der Waals surface area contributed by atoms with Gasteiger partial charge < -0.3 is 15.0 Å². The van der Waals surface area contributed by atoms with Gasteiger partial charge in [-0.1, -0.05) is 11.6 Å². The van der Waals surface area contributed by atoms with Crippen molar-refractivity contribution in [3.63, 3.8) is 0 Å². The van der Waals surface area contributed by atoms with E-state index in [4.69, 9.17) is 11.6 Å². The van der Waals surface area contributed by atoms with Crippen LogP contribution in [0.5, 0.6) is 5.75 Å². The van der Waals surface area contributed by atoms with Gasteiger partial charge in [0.25, 0.3) is 0 Å². The lowest BCUT2D eigenvalue weighted by molar-refractivity contribution is -0.128. The Morgan fingerprint density at radius 1 is 1.55 bits per heavy atom. The van der Waals surface area contributed by atoms with Crippen molar-refractivity contribution in [2.75, 3.05) is 13.6 Å². The quantitative estimate of drug-likeness (QED) is 0.907. The molecule has 1 amide bonds. The topological polar surface area (TPSA) is 41.6 Å². The van der Waals surface area contributed by atoms with Gasteiger partial charge in [0, 0.05) is 30.7 Å². The van der Waals surface area contributed by atoms with Gasteiger partial charge in [-0.05, 0) is 24.6 Å². The fourth-order valence-corrected chi connectivity index (χ4v) is 2.34. The third-order valence-corrected chi connectivity index (χ3v) is 3.44. The summed E-state index contributed by atoms with van der Waals surface area (Å²) in [4.78, 5) is 13.4. The van der Waals surface area contributed by atoms with Crippen LogP contribution in [0.3, 0.4) is 0 Å². The lowest BCUT2D eigenvalue weighted by Crippen LogP contribution is -2.36. The van der Waals surface area contributed by atoms with Crippen LogP contribution in [0, 0.1) is 0 Å². The molecule has 20 heavy (non-hydrogen) atoms.